The molecule has 130 valence electrons. The Bertz CT molecular complexity index is 1000. The summed E-state index contributed by atoms with van der Waals surface area (Å²) in [5.74, 6) is 0.643. The van der Waals surface area contributed by atoms with E-state index in [1.807, 2.05) is 0 Å². The Morgan fingerprint density at radius 3 is 2.28 bits per heavy atom. The number of hydrogen-bond donors (Lipinski definition) is 2. The molecule has 0 aliphatic rings. The number of phenolic OH excluding ortho intramolecular Hbond substituents is 2. The smallest absolute Gasteiger partial charge is 0.197 e. The van der Waals surface area contributed by atoms with Gasteiger partial charge in [-0.15, -0.1) is 0 Å². The van der Waals surface area contributed by atoms with Crippen molar-refractivity contribution in [2.24, 2.45) is 0 Å². The van der Waals surface area contributed by atoms with E-state index in [2.05, 4.69) is 0 Å². The molecule has 0 bridgehead atoms. The van der Waals surface area contributed by atoms with Gasteiger partial charge in [-0.05, 0) is 12.1 Å². The number of fused-ring (bicyclic) bond motifs is 1. The fraction of sp³-hybridized carbons (Fsp3) is 0.167. The van der Waals surface area contributed by atoms with Gasteiger partial charge in [-0.2, -0.15) is 0 Å². The number of rotatable bonds is 4. The van der Waals surface area contributed by atoms with E-state index in [0.29, 0.717) is 11.3 Å². The zero-order valence-electron chi connectivity index (χ0n) is 13.8. The van der Waals surface area contributed by atoms with Crippen LogP contribution in [0.25, 0.3) is 22.3 Å². The molecule has 2 aromatic carbocycles. The van der Waals surface area contributed by atoms with Crippen molar-refractivity contribution in [1.82, 2.24) is 0 Å². The van der Waals surface area contributed by atoms with E-state index in [9.17, 15) is 15.0 Å². The standard InChI is InChI=1S/C18H16O7/c1-22-13-6-9(19)4-5-10(13)14-7-11(20)16-17(25-14)12(21)8-15(23-2)18(16)24-3/h4-8,19,21H,1-3H3. The molecule has 0 aliphatic carbocycles. The predicted octanol–water partition coefficient (Wildman–Crippen LogP) is 2.90. The summed E-state index contributed by atoms with van der Waals surface area (Å²) in [7, 11) is 4.23. The summed E-state index contributed by atoms with van der Waals surface area (Å²) in [6.07, 6.45) is 0. The third kappa shape index (κ3) is 2.69. The summed E-state index contributed by atoms with van der Waals surface area (Å²) in [5.41, 5.74) is 0.00110. The maximum absolute atomic E-state index is 12.6. The van der Waals surface area contributed by atoms with E-state index in [1.54, 1.807) is 6.07 Å². The molecule has 0 aliphatic heterocycles. The van der Waals surface area contributed by atoms with Crippen LogP contribution in [-0.2, 0) is 0 Å². The van der Waals surface area contributed by atoms with Gasteiger partial charge in [0.05, 0.1) is 26.9 Å². The first-order valence-electron chi connectivity index (χ1n) is 7.29. The Hall–Kier alpha value is -3.35. The van der Waals surface area contributed by atoms with Gasteiger partial charge in [0.2, 0.25) is 0 Å². The number of benzene rings is 2. The third-order valence-electron chi connectivity index (χ3n) is 3.77. The number of phenols is 2. The lowest BCUT2D eigenvalue weighted by Crippen LogP contribution is -2.04. The molecule has 0 saturated carbocycles. The molecule has 3 rings (SSSR count). The Labute approximate surface area is 142 Å². The van der Waals surface area contributed by atoms with E-state index >= 15 is 0 Å². The molecule has 1 heterocycles. The fourth-order valence-corrected chi connectivity index (χ4v) is 2.64. The summed E-state index contributed by atoms with van der Waals surface area (Å²) in [5, 5.41) is 19.9. The third-order valence-corrected chi connectivity index (χ3v) is 3.77. The van der Waals surface area contributed by atoms with Crippen LogP contribution >= 0.6 is 0 Å². The first-order valence-corrected chi connectivity index (χ1v) is 7.29. The van der Waals surface area contributed by atoms with Gasteiger partial charge in [-0.3, -0.25) is 4.79 Å². The molecular weight excluding hydrogens is 328 g/mol. The van der Waals surface area contributed by atoms with Gasteiger partial charge in [0.1, 0.15) is 22.6 Å². The van der Waals surface area contributed by atoms with Gasteiger partial charge >= 0.3 is 0 Å². The van der Waals surface area contributed by atoms with Crippen LogP contribution in [-0.4, -0.2) is 31.5 Å². The molecule has 25 heavy (non-hydrogen) atoms. The van der Waals surface area contributed by atoms with Crippen LogP contribution in [0.5, 0.6) is 28.7 Å². The normalized spacial score (nSPS) is 10.7. The van der Waals surface area contributed by atoms with Gasteiger partial charge in [0.25, 0.3) is 0 Å². The molecule has 0 saturated heterocycles. The second-order valence-electron chi connectivity index (χ2n) is 5.19. The molecule has 0 fully saturated rings. The molecule has 0 unspecified atom stereocenters. The zero-order valence-corrected chi connectivity index (χ0v) is 13.8. The molecule has 0 spiro atoms. The van der Waals surface area contributed by atoms with Crippen molar-refractivity contribution in [2.45, 2.75) is 0 Å². The van der Waals surface area contributed by atoms with Gasteiger partial charge in [-0.1, -0.05) is 0 Å². The number of hydrogen-bond acceptors (Lipinski definition) is 7. The van der Waals surface area contributed by atoms with E-state index < -0.39 is 5.43 Å². The number of ether oxygens (including phenoxy) is 3. The van der Waals surface area contributed by atoms with Crippen LogP contribution in [0.2, 0.25) is 0 Å². The van der Waals surface area contributed by atoms with Crippen LogP contribution in [0.15, 0.2) is 39.5 Å². The molecule has 0 atom stereocenters. The number of aromatic hydroxyl groups is 2. The van der Waals surface area contributed by atoms with Crippen molar-refractivity contribution in [3.05, 3.63) is 40.6 Å². The van der Waals surface area contributed by atoms with Crippen molar-refractivity contribution in [2.75, 3.05) is 21.3 Å². The Kier molecular flexibility index (Phi) is 4.14. The molecular formula is C18H16O7. The molecule has 0 radical (unpaired) electrons. The molecule has 3 aromatic rings. The highest BCUT2D eigenvalue weighted by atomic mass is 16.5. The second kappa shape index (κ2) is 6.27. The van der Waals surface area contributed by atoms with Crippen LogP contribution in [0.1, 0.15) is 0 Å². The van der Waals surface area contributed by atoms with Crippen molar-refractivity contribution in [3.8, 4) is 40.1 Å². The molecule has 7 nitrogen and oxygen atoms in total. The van der Waals surface area contributed by atoms with Gasteiger partial charge in [0, 0.05) is 18.2 Å². The Morgan fingerprint density at radius 2 is 1.64 bits per heavy atom. The summed E-state index contributed by atoms with van der Waals surface area (Å²) in [4.78, 5) is 12.6. The average Bonchev–Trinajstić information content (AvgIpc) is 2.61. The van der Waals surface area contributed by atoms with Crippen molar-refractivity contribution in [3.63, 3.8) is 0 Å². The highest BCUT2D eigenvalue weighted by molar-refractivity contribution is 5.92. The lowest BCUT2D eigenvalue weighted by molar-refractivity contribution is 0.354. The molecule has 7 heteroatoms. The Balaban J connectivity index is 2.35. The van der Waals surface area contributed by atoms with Gasteiger partial charge in [-0.25, -0.2) is 0 Å². The SMILES string of the molecule is COc1cc(O)ccc1-c1cc(=O)c2c(OC)c(OC)cc(O)c2o1. The van der Waals surface area contributed by atoms with Crippen molar-refractivity contribution >= 4 is 11.0 Å². The predicted molar refractivity (Wildman–Crippen MR) is 90.9 cm³/mol. The van der Waals surface area contributed by atoms with E-state index in [-0.39, 0.29) is 39.7 Å². The first-order chi connectivity index (χ1) is 12.0. The highest BCUT2D eigenvalue weighted by Crippen LogP contribution is 2.41. The van der Waals surface area contributed by atoms with Gasteiger partial charge < -0.3 is 28.8 Å². The zero-order chi connectivity index (χ0) is 18.1. The van der Waals surface area contributed by atoms with Crippen LogP contribution in [0.3, 0.4) is 0 Å². The summed E-state index contributed by atoms with van der Waals surface area (Å²) >= 11 is 0. The maximum Gasteiger partial charge on any atom is 0.197 e. The highest BCUT2D eigenvalue weighted by Gasteiger charge is 2.20. The lowest BCUT2D eigenvalue weighted by atomic mass is 10.1. The van der Waals surface area contributed by atoms with E-state index in [0.717, 1.165) is 0 Å². The van der Waals surface area contributed by atoms with Crippen molar-refractivity contribution < 1.29 is 28.8 Å². The van der Waals surface area contributed by atoms with E-state index in [4.69, 9.17) is 18.6 Å². The minimum Gasteiger partial charge on any atom is -0.508 e. The maximum atomic E-state index is 12.6. The average molecular weight is 344 g/mol. The van der Waals surface area contributed by atoms with Crippen molar-refractivity contribution in [1.29, 1.82) is 0 Å². The van der Waals surface area contributed by atoms with Crippen LogP contribution < -0.4 is 19.6 Å². The number of methoxy groups -OCH3 is 3. The molecule has 1 aromatic heterocycles. The monoisotopic (exact) mass is 344 g/mol. The second-order valence-corrected chi connectivity index (χ2v) is 5.19. The summed E-state index contributed by atoms with van der Waals surface area (Å²) < 4.78 is 21.3. The summed E-state index contributed by atoms with van der Waals surface area (Å²) in [6.45, 7) is 0. The Morgan fingerprint density at radius 1 is 0.920 bits per heavy atom. The fourth-order valence-electron chi connectivity index (χ4n) is 2.64. The lowest BCUT2D eigenvalue weighted by Gasteiger charge is -2.13. The van der Waals surface area contributed by atoms with Gasteiger partial charge in [0.15, 0.2) is 28.3 Å². The molecule has 2 N–H and O–H groups in total. The minimum atomic E-state index is -0.419. The van der Waals surface area contributed by atoms with E-state index in [1.165, 1.54) is 45.6 Å². The first kappa shape index (κ1) is 16.5. The molecule has 0 amide bonds. The minimum absolute atomic E-state index is 0.0120. The topological polar surface area (TPSA) is 98.4 Å². The quantitative estimate of drug-likeness (QED) is 0.751. The summed E-state index contributed by atoms with van der Waals surface area (Å²) in [6, 6.07) is 6.96. The largest absolute Gasteiger partial charge is 0.508 e. The van der Waals surface area contributed by atoms with Crippen LogP contribution in [0.4, 0.5) is 0 Å². The van der Waals surface area contributed by atoms with Crippen LogP contribution in [0, 0.1) is 0 Å².